The topological polar surface area (TPSA) is 0 Å². The van der Waals surface area contributed by atoms with Crippen LogP contribution < -0.4 is 24.8 Å². The smallest absolute Gasteiger partial charge is 1.00 e. The van der Waals surface area contributed by atoms with Gasteiger partial charge in [0, 0.05) is 0 Å². The summed E-state index contributed by atoms with van der Waals surface area (Å²) in [5.41, 5.74) is 0.542. The zero-order chi connectivity index (χ0) is 5.21. The molecule has 0 spiro atoms. The third-order valence-electron chi connectivity index (χ3n) is 1.06. The van der Waals surface area contributed by atoms with E-state index >= 15 is 0 Å². The Balaban J connectivity index is -0.0000000417. The predicted octanol–water partition coefficient (Wildman–Crippen LogP) is -3.93. The van der Waals surface area contributed by atoms with Crippen LogP contribution in [-0.2, 0) is 0 Å². The van der Waals surface area contributed by atoms with E-state index < -0.39 is 0 Å². The summed E-state index contributed by atoms with van der Waals surface area (Å²) in [6, 6.07) is 0. The van der Waals surface area contributed by atoms with Crippen LogP contribution >= 0.6 is 0 Å². The van der Waals surface area contributed by atoms with Crippen molar-refractivity contribution in [3.63, 3.8) is 0 Å². The molecule has 0 atom stereocenters. The van der Waals surface area contributed by atoms with Gasteiger partial charge in [0.1, 0.15) is 0 Å². The summed E-state index contributed by atoms with van der Waals surface area (Å²) >= 11 is 0. The first-order valence-corrected chi connectivity index (χ1v) is 2.56. The van der Waals surface area contributed by atoms with E-state index in [0.717, 1.165) is 0 Å². The summed E-state index contributed by atoms with van der Waals surface area (Å²) < 4.78 is 0. The van der Waals surface area contributed by atoms with Crippen molar-refractivity contribution in [1.29, 1.82) is 0 Å². The quantitative estimate of drug-likeness (QED) is 0.335. The number of rotatable bonds is 0. The van der Waals surface area contributed by atoms with Crippen molar-refractivity contribution in [3.8, 4) is 0 Å². The molecule has 0 fully saturated rings. The van der Waals surface area contributed by atoms with E-state index in [1.54, 1.807) is 0 Å². The fraction of sp³-hybridized carbons (Fsp3) is 1.00. The molecule has 0 saturated heterocycles. The maximum atomic E-state index is 2.24. The van der Waals surface area contributed by atoms with E-state index in [0.29, 0.717) is 5.41 Å². The van der Waals surface area contributed by atoms with E-state index in [-0.39, 0.29) is 47.9 Å². The summed E-state index contributed by atoms with van der Waals surface area (Å²) in [6.45, 7) is 8.94. The third-order valence-corrected chi connectivity index (χ3v) is 1.06. The average Bonchev–Trinajstić information content (AvgIpc) is 1.35. The first kappa shape index (κ1) is 22.4. The van der Waals surface area contributed by atoms with Crippen molar-refractivity contribution >= 4 is 23.1 Å². The normalized spacial score (nSPS) is 8.00. The molecule has 9 heavy (non-hydrogen) atoms. The molecule has 0 bridgehead atoms. The molecule has 0 aliphatic heterocycles. The van der Waals surface area contributed by atoms with E-state index in [9.17, 15) is 0 Å². The molecule has 3 heteroatoms. The number of halogens is 2. The number of hydrogen-bond donors (Lipinski definition) is 0. The summed E-state index contributed by atoms with van der Waals surface area (Å²) in [5, 5.41) is 0. The fourth-order valence-electron chi connectivity index (χ4n) is 0. The first-order chi connectivity index (χ1) is 2.56. The van der Waals surface area contributed by atoms with Crippen molar-refractivity contribution in [2.45, 2.75) is 34.1 Å². The summed E-state index contributed by atoms with van der Waals surface area (Å²) in [4.78, 5) is 0. The standard InChI is InChI=1S/C6H14.2ClH.Mg/c1-5-6(2,3)4;;;/h5H2,1-4H3;2*1H;/q;;;+2/p-2. The molecule has 0 aliphatic rings. The van der Waals surface area contributed by atoms with Crippen molar-refractivity contribution in [1.82, 2.24) is 0 Å². The van der Waals surface area contributed by atoms with Gasteiger partial charge in [-0.2, -0.15) is 0 Å². The Labute approximate surface area is 87.1 Å². The molecule has 0 radical (unpaired) electrons. The Bertz CT molecular complexity index is 40.8. The minimum atomic E-state index is 0. The van der Waals surface area contributed by atoms with Crippen LogP contribution in [0, 0.1) is 5.41 Å². The van der Waals surface area contributed by atoms with Crippen molar-refractivity contribution < 1.29 is 24.8 Å². The average molecular weight is 181 g/mol. The van der Waals surface area contributed by atoms with Crippen LogP contribution in [0.2, 0.25) is 0 Å². The van der Waals surface area contributed by atoms with Crippen LogP contribution in [0.3, 0.4) is 0 Å². The molecular formula is C6H14Cl2Mg. The van der Waals surface area contributed by atoms with Gasteiger partial charge in [-0.1, -0.05) is 34.1 Å². The maximum absolute atomic E-state index is 2.24. The van der Waals surface area contributed by atoms with Crippen molar-refractivity contribution in [2.75, 3.05) is 0 Å². The Morgan fingerprint density at radius 3 is 1.11 bits per heavy atom. The van der Waals surface area contributed by atoms with E-state index in [1.807, 2.05) is 0 Å². The zero-order valence-corrected chi connectivity index (χ0v) is 9.60. The van der Waals surface area contributed by atoms with Crippen molar-refractivity contribution in [3.05, 3.63) is 0 Å². The zero-order valence-electron chi connectivity index (χ0n) is 6.67. The molecule has 0 heterocycles. The molecule has 0 aromatic rings. The Morgan fingerprint density at radius 1 is 1.00 bits per heavy atom. The summed E-state index contributed by atoms with van der Waals surface area (Å²) in [5.74, 6) is 0. The van der Waals surface area contributed by atoms with Gasteiger partial charge in [0.15, 0.2) is 0 Å². The van der Waals surface area contributed by atoms with Gasteiger partial charge in [-0.25, -0.2) is 0 Å². The van der Waals surface area contributed by atoms with Gasteiger partial charge in [-0.05, 0) is 5.41 Å². The molecule has 54 valence electrons. The summed E-state index contributed by atoms with van der Waals surface area (Å²) in [6.07, 6.45) is 1.27. The minimum absolute atomic E-state index is 0. The van der Waals surface area contributed by atoms with Gasteiger partial charge in [0.25, 0.3) is 0 Å². The molecule has 0 N–H and O–H groups in total. The fourth-order valence-corrected chi connectivity index (χ4v) is 0. The van der Waals surface area contributed by atoms with Crippen LogP contribution in [-0.4, -0.2) is 23.1 Å². The van der Waals surface area contributed by atoms with Crippen LogP contribution in [0.15, 0.2) is 0 Å². The Kier molecular flexibility index (Phi) is 23.3. The van der Waals surface area contributed by atoms with Gasteiger partial charge in [0.2, 0.25) is 0 Å². The van der Waals surface area contributed by atoms with E-state index in [1.165, 1.54) is 6.42 Å². The van der Waals surface area contributed by atoms with Gasteiger partial charge >= 0.3 is 23.1 Å². The SMILES string of the molecule is CCC(C)(C)C.[Cl-].[Cl-].[Mg+2]. The number of hydrogen-bond acceptors (Lipinski definition) is 0. The van der Waals surface area contributed by atoms with E-state index in [4.69, 9.17) is 0 Å². The van der Waals surface area contributed by atoms with Gasteiger partial charge in [0.05, 0.1) is 0 Å². The second kappa shape index (κ2) is 9.35. The molecule has 0 aliphatic carbocycles. The summed E-state index contributed by atoms with van der Waals surface area (Å²) in [7, 11) is 0. The molecule has 0 unspecified atom stereocenters. The Hall–Kier alpha value is 1.35. The molecular weight excluding hydrogens is 167 g/mol. The molecule has 0 amide bonds. The molecule has 0 aromatic carbocycles. The van der Waals surface area contributed by atoms with Gasteiger partial charge < -0.3 is 24.8 Å². The van der Waals surface area contributed by atoms with Crippen LogP contribution in [0.5, 0.6) is 0 Å². The largest absolute Gasteiger partial charge is 2.00 e. The maximum Gasteiger partial charge on any atom is 2.00 e. The second-order valence-electron chi connectivity index (χ2n) is 2.91. The van der Waals surface area contributed by atoms with Crippen LogP contribution in [0.1, 0.15) is 34.1 Å². The molecule has 0 rings (SSSR count). The first-order valence-electron chi connectivity index (χ1n) is 2.56. The van der Waals surface area contributed by atoms with Crippen LogP contribution in [0.25, 0.3) is 0 Å². The Morgan fingerprint density at radius 2 is 1.11 bits per heavy atom. The van der Waals surface area contributed by atoms with E-state index in [2.05, 4.69) is 27.7 Å². The third kappa shape index (κ3) is 26.7. The van der Waals surface area contributed by atoms with Crippen molar-refractivity contribution in [2.24, 2.45) is 5.41 Å². The monoisotopic (exact) mass is 180 g/mol. The molecule has 0 aromatic heterocycles. The van der Waals surface area contributed by atoms with Gasteiger partial charge in [-0.3, -0.25) is 0 Å². The predicted molar refractivity (Wildman–Crippen MR) is 35.5 cm³/mol. The van der Waals surface area contributed by atoms with Gasteiger partial charge in [-0.15, -0.1) is 0 Å². The van der Waals surface area contributed by atoms with Crippen LogP contribution in [0.4, 0.5) is 0 Å². The minimum Gasteiger partial charge on any atom is -1.00 e. The second-order valence-corrected chi connectivity index (χ2v) is 2.91. The molecule has 0 nitrogen and oxygen atoms in total. The molecule has 0 saturated carbocycles.